The molecule has 0 aliphatic rings. The van der Waals surface area contributed by atoms with E-state index in [9.17, 15) is 4.79 Å². The Morgan fingerprint density at radius 1 is 1.64 bits per heavy atom. The molecule has 5 nitrogen and oxygen atoms in total. The molecule has 14 heavy (non-hydrogen) atoms. The van der Waals surface area contributed by atoms with Crippen LogP contribution in [0.4, 0.5) is 5.69 Å². The summed E-state index contributed by atoms with van der Waals surface area (Å²) in [6.07, 6.45) is 0.881. The van der Waals surface area contributed by atoms with Gasteiger partial charge in [-0.2, -0.15) is 0 Å². The molecular weight excluding hydrogens is 182 g/mol. The molecule has 1 rings (SSSR count). The standard InChI is InChI=1S/C9H17N3O2/c1-4-6(2)12-9(13)8(10)7(11-12)5-14-3/h6,11H,4-5,10H2,1-3H3. The van der Waals surface area contributed by atoms with Crippen LogP contribution in [0.1, 0.15) is 32.0 Å². The monoisotopic (exact) mass is 199 g/mol. The van der Waals surface area contributed by atoms with Crippen molar-refractivity contribution in [2.45, 2.75) is 32.9 Å². The molecule has 0 fully saturated rings. The molecule has 0 aliphatic carbocycles. The summed E-state index contributed by atoms with van der Waals surface area (Å²) in [5, 5.41) is 2.96. The predicted octanol–water partition coefficient (Wildman–Crippen LogP) is 0.876. The van der Waals surface area contributed by atoms with Crippen molar-refractivity contribution < 1.29 is 4.74 Å². The van der Waals surface area contributed by atoms with Crippen molar-refractivity contribution in [2.75, 3.05) is 12.8 Å². The number of ether oxygens (including phenoxy) is 1. The van der Waals surface area contributed by atoms with E-state index in [2.05, 4.69) is 5.10 Å². The van der Waals surface area contributed by atoms with Crippen molar-refractivity contribution in [1.82, 2.24) is 9.78 Å². The van der Waals surface area contributed by atoms with Gasteiger partial charge in [0.25, 0.3) is 5.56 Å². The molecule has 0 bridgehead atoms. The Labute approximate surface area is 82.8 Å². The van der Waals surface area contributed by atoms with Gasteiger partial charge in [-0.05, 0) is 13.3 Å². The molecular formula is C9H17N3O2. The maximum atomic E-state index is 11.6. The van der Waals surface area contributed by atoms with Gasteiger partial charge in [0.15, 0.2) is 0 Å². The zero-order valence-electron chi connectivity index (χ0n) is 8.83. The number of hydrogen-bond donors (Lipinski definition) is 2. The molecule has 0 saturated carbocycles. The van der Waals surface area contributed by atoms with Crippen molar-refractivity contribution in [3.05, 3.63) is 16.0 Å². The third-order valence-corrected chi connectivity index (χ3v) is 2.35. The zero-order valence-corrected chi connectivity index (χ0v) is 8.83. The highest BCUT2D eigenvalue weighted by Gasteiger charge is 2.13. The molecule has 0 spiro atoms. The highest BCUT2D eigenvalue weighted by atomic mass is 16.5. The van der Waals surface area contributed by atoms with Crippen molar-refractivity contribution in [3.8, 4) is 0 Å². The largest absolute Gasteiger partial charge is 0.393 e. The van der Waals surface area contributed by atoms with E-state index in [0.717, 1.165) is 6.42 Å². The number of anilines is 1. The van der Waals surface area contributed by atoms with E-state index in [1.54, 1.807) is 11.8 Å². The Morgan fingerprint density at radius 2 is 2.29 bits per heavy atom. The fourth-order valence-electron chi connectivity index (χ4n) is 1.26. The molecule has 5 heteroatoms. The summed E-state index contributed by atoms with van der Waals surface area (Å²) in [5.74, 6) is 0. The van der Waals surface area contributed by atoms with Gasteiger partial charge in [0, 0.05) is 7.11 Å². The number of nitrogens with zero attached hydrogens (tertiary/aromatic N) is 1. The van der Waals surface area contributed by atoms with Crippen LogP contribution in [0, 0.1) is 0 Å². The fraction of sp³-hybridized carbons (Fsp3) is 0.667. The second-order valence-corrected chi connectivity index (χ2v) is 3.37. The average Bonchev–Trinajstić information content (AvgIpc) is 2.46. The van der Waals surface area contributed by atoms with Crippen LogP contribution in [0.5, 0.6) is 0 Å². The van der Waals surface area contributed by atoms with Gasteiger partial charge in [0.05, 0.1) is 18.3 Å². The summed E-state index contributed by atoms with van der Waals surface area (Å²) in [5.41, 5.74) is 6.38. The van der Waals surface area contributed by atoms with Crippen molar-refractivity contribution in [2.24, 2.45) is 0 Å². The second-order valence-electron chi connectivity index (χ2n) is 3.37. The molecule has 1 unspecified atom stereocenters. The number of aromatic amines is 1. The van der Waals surface area contributed by atoms with Gasteiger partial charge in [0.1, 0.15) is 5.69 Å². The highest BCUT2D eigenvalue weighted by Crippen LogP contribution is 2.10. The molecule has 1 heterocycles. The average molecular weight is 199 g/mol. The Hall–Kier alpha value is -1.23. The first kappa shape index (κ1) is 10.8. The maximum Gasteiger partial charge on any atom is 0.290 e. The predicted molar refractivity (Wildman–Crippen MR) is 55.2 cm³/mol. The summed E-state index contributed by atoms with van der Waals surface area (Å²) >= 11 is 0. The van der Waals surface area contributed by atoms with Crippen LogP contribution in [0.15, 0.2) is 4.79 Å². The van der Waals surface area contributed by atoms with E-state index in [1.165, 1.54) is 0 Å². The summed E-state index contributed by atoms with van der Waals surface area (Å²) in [6.45, 7) is 4.32. The van der Waals surface area contributed by atoms with Crippen LogP contribution in [0.25, 0.3) is 0 Å². The number of nitrogens with two attached hydrogens (primary N) is 1. The smallest absolute Gasteiger partial charge is 0.290 e. The summed E-state index contributed by atoms with van der Waals surface area (Å²) in [7, 11) is 1.57. The quantitative estimate of drug-likeness (QED) is 0.755. The van der Waals surface area contributed by atoms with E-state index >= 15 is 0 Å². The molecule has 0 amide bonds. The van der Waals surface area contributed by atoms with E-state index < -0.39 is 0 Å². The third-order valence-electron chi connectivity index (χ3n) is 2.35. The summed E-state index contributed by atoms with van der Waals surface area (Å²) < 4.78 is 6.47. The molecule has 80 valence electrons. The number of hydrogen-bond acceptors (Lipinski definition) is 3. The lowest BCUT2D eigenvalue weighted by Crippen LogP contribution is -2.21. The van der Waals surface area contributed by atoms with Crippen molar-refractivity contribution in [1.29, 1.82) is 0 Å². The van der Waals surface area contributed by atoms with Gasteiger partial charge in [0.2, 0.25) is 0 Å². The van der Waals surface area contributed by atoms with Crippen LogP contribution < -0.4 is 11.3 Å². The van der Waals surface area contributed by atoms with Gasteiger partial charge < -0.3 is 10.5 Å². The number of methoxy groups -OCH3 is 1. The van der Waals surface area contributed by atoms with Gasteiger partial charge in [-0.25, -0.2) is 4.68 Å². The first-order valence-corrected chi connectivity index (χ1v) is 4.69. The van der Waals surface area contributed by atoms with Gasteiger partial charge >= 0.3 is 0 Å². The minimum atomic E-state index is -0.161. The molecule has 0 saturated heterocycles. The zero-order chi connectivity index (χ0) is 10.7. The van der Waals surface area contributed by atoms with Crippen molar-refractivity contribution >= 4 is 5.69 Å². The molecule has 1 aromatic heterocycles. The molecule has 0 aliphatic heterocycles. The molecule has 3 N–H and O–H groups in total. The van der Waals surface area contributed by atoms with Gasteiger partial charge in [-0.3, -0.25) is 9.89 Å². The molecule has 0 radical (unpaired) electrons. The minimum Gasteiger partial charge on any atom is -0.393 e. The summed E-state index contributed by atoms with van der Waals surface area (Å²) in [4.78, 5) is 11.6. The molecule has 0 aromatic carbocycles. The van der Waals surface area contributed by atoms with Crippen LogP contribution in [-0.4, -0.2) is 16.9 Å². The lowest BCUT2D eigenvalue weighted by molar-refractivity contribution is 0.181. The van der Waals surface area contributed by atoms with Crippen LogP contribution >= 0.6 is 0 Å². The fourth-order valence-corrected chi connectivity index (χ4v) is 1.26. The summed E-state index contributed by atoms with van der Waals surface area (Å²) in [6, 6.07) is 0.135. The van der Waals surface area contributed by atoms with E-state index in [0.29, 0.717) is 12.3 Å². The number of rotatable bonds is 4. The topological polar surface area (TPSA) is 73.0 Å². The minimum absolute atomic E-state index is 0.135. The number of nitrogen functional groups attached to an aromatic ring is 1. The maximum absolute atomic E-state index is 11.6. The number of nitrogens with one attached hydrogen (secondary N) is 1. The Bertz CT molecular complexity index is 353. The SMILES string of the molecule is CCC(C)n1[nH]c(COC)c(N)c1=O. The first-order valence-electron chi connectivity index (χ1n) is 4.69. The van der Waals surface area contributed by atoms with E-state index in [4.69, 9.17) is 10.5 Å². The van der Waals surface area contributed by atoms with E-state index in [-0.39, 0.29) is 17.3 Å². The van der Waals surface area contributed by atoms with Crippen LogP contribution in [-0.2, 0) is 11.3 Å². The lowest BCUT2D eigenvalue weighted by atomic mass is 10.3. The second kappa shape index (κ2) is 4.32. The van der Waals surface area contributed by atoms with Gasteiger partial charge in [-0.1, -0.05) is 6.92 Å². The number of aromatic nitrogens is 2. The van der Waals surface area contributed by atoms with Crippen LogP contribution in [0.3, 0.4) is 0 Å². The Morgan fingerprint density at radius 3 is 2.79 bits per heavy atom. The normalized spacial score (nSPS) is 13.1. The molecule has 1 atom stereocenters. The first-order chi connectivity index (χ1) is 6.61. The highest BCUT2D eigenvalue weighted by molar-refractivity contribution is 5.40. The lowest BCUT2D eigenvalue weighted by Gasteiger charge is -2.08. The third kappa shape index (κ3) is 1.82. The van der Waals surface area contributed by atoms with Crippen molar-refractivity contribution in [3.63, 3.8) is 0 Å². The van der Waals surface area contributed by atoms with E-state index in [1.807, 2.05) is 13.8 Å². The Balaban J connectivity index is 3.08. The Kier molecular flexibility index (Phi) is 3.35. The molecule has 1 aromatic rings. The number of H-pyrrole nitrogens is 1. The van der Waals surface area contributed by atoms with Crippen LogP contribution in [0.2, 0.25) is 0 Å². The van der Waals surface area contributed by atoms with Gasteiger partial charge in [-0.15, -0.1) is 0 Å².